The van der Waals surface area contributed by atoms with E-state index in [1.54, 1.807) is 6.26 Å². The van der Waals surface area contributed by atoms with Crippen LogP contribution in [0.5, 0.6) is 0 Å². The summed E-state index contributed by atoms with van der Waals surface area (Å²) in [6, 6.07) is 0. The van der Waals surface area contributed by atoms with Crippen LogP contribution in [-0.2, 0) is 4.79 Å². The summed E-state index contributed by atoms with van der Waals surface area (Å²) in [6.07, 6.45) is 6.55. The van der Waals surface area contributed by atoms with Gasteiger partial charge in [-0.3, -0.25) is 15.6 Å². The Kier molecular flexibility index (Phi) is 7.34. The summed E-state index contributed by atoms with van der Waals surface area (Å²) >= 11 is 1.29. The van der Waals surface area contributed by atoms with Crippen molar-refractivity contribution >= 4 is 35.4 Å². The first-order valence-electron chi connectivity index (χ1n) is 9.87. The molecule has 2 fully saturated rings. The van der Waals surface area contributed by atoms with Gasteiger partial charge in [0, 0.05) is 19.6 Å². The molecule has 0 aromatic carbocycles. The van der Waals surface area contributed by atoms with Crippen LogP contribution in [0.2, 0.25) is 0 Å². The molecular weight excluding hydrogens is 399 g/mol. The van der Waals surface area contributed by atoms with Crippen molar-refractivity contribution in [1.82, 2.24) is 20.7 Å². The molecule has 2 amide bonds. The molecule has 2 aliphatic rings. The lowest BCUT2D eigenvalue weighted by molar-refractivity contribution is -0.124. The molecule has 0 bridgehead atoms. The first kappa shape index (κ1) is 21.4. The molecule has 0 radical (unpaired) electrons. The zero-order valence-corrected chi connectivity index (χ0v) is 17.2. The minimum atomic E-state index is -1.17. The zero-order chi connectivity index (χ0) is 20.8. The van der Waals surface area contributed by atoms with Gasteiger partial charge in [-0.25, -0.2) is 14.8 Å². The Bertz CT molecular complexity index is 743. The molecule has 0 spiro atoms. The number of hydrogen-bond donors (Lipinski definition) is 4. The Morgan fingerprint density at radius 2 is 2.00 bits per heavy atom. The van der Waals surface area contributed by atoms with Gasteiger partial charge in [0.05, 0.1) is 5.92 Å². The summed E-state index contributed by atoms with van der Waals surface area (Å²) in [7, 11) is 0. The Balaban J connectivity index is 1.66. The van der Waals surface area contributed by atoms with E-state index in [-0.39, 0.29) is 24.1 Å². The number of carbonyl (C=O) groups is 2. The second-order valence-corrected chi connectivity index (χ2v) is 8.19. The van der Waals surface area contributed by atoms with E-state index in [1.165, 1.54) is 11.8 Å². The lowest BCUT2D eigenvalue weighted by atomic mass is 9.92. The van der Waals surface area contributed by atoms with Crippen molar-refractivity contribution in [3.63, 3.8) is 0 Å². The SMILES string of the molecule is CSc1nc(NNC(=O)[C@@H](CNC(=O)O)CC2CCCC2)c(F)c(N2CCC2)n1. The predicted molar refractivity (Wildman–Crippen MR) is 108 cm³/mol. The van der Waals surface area contributed by atoms with E-state index in [0.717, 1.165) is 45.2 Å². The number of carboxylic acid groups (broad SMARTS) is 1. The van der Waals surface area contributed by atoms with E-state index >= 15 is 0 Å². The minimum absolute atomic E-state index is 0.0146. The van der Waals surface area contributed by atoms with Crippen molar-refractivity contribution in [3.8, 4) is 0 Å². The monoisotopic (exact) mass is 426 g/mol. The fraction of sp³-hybridized carbons (Fsp3) is 0.667. The highest BCUT2D eigenvalue weighted by atomic mass is 32.2. The molecule has 1 aromatic rings. The Labute approximate surface area is 173 Å². The maximum atomic E-state index is 14.8. The number of rotatable bonds is 9. The number of aromatic nitrogens is 2. The first-order valence-corrected chi connectivity index (χ1v) is 11.1. The third-order valence-electron chi connectivity index (χ3n) is 5.42. The summed E-state index contributed by atoms with van der Waals surface area (Å²) in [5, 5.41) is 11.6. The number of halogens is 1. The molecule has 1 aliphatic heterocycles. The standard InChI is InChI=1S/C18H27FN6O3S/c1-29-17-21-14(13(19)15(22-17)25-7-4-8-25)23-24-16(26)12(10-20-18(27)28)9-11-5-2-3-6-11/h11-12,20H,2-10H2,1H3,(H,24,26)(H,27,28)(H,21,22,23)/t12-/m1/s1. The number of nitrogens with zero attached hydrogens (tertiary/aromatic N) is 3. The van der Waals surface area contributed by atoms with Crippen LogP contribution >= 0.6 is 11.8 Å². The van der Waals surface area contributed by atoms with Crippen LogP contribution < -0.4 is 21.1 Å². The highest BCUT2D eigenvalue weighted by Gasteiger charge is 2.27. The van der Waals surface area contributed by atoms with Crippen LogP contribution in [0.1, 0.15) is 38.5 Å². The first-order chi connectivity index (χ1) is 14.0. The van der Waals surface area contributed by atoms with Gasteiger partial charge in [-0.2, -0.15) is 4.39 Å². The molecule has 1 saturated carbocycles. The fourth-order valence-electron chi connectivity index (χ4n) is 3.69. The molecule has 2 heterocycles. The molecule has 0 unspecified atom stereocenters. The minimum Gasteiger partial charge on any atom is -0.465 e. The summed E-state index contributed by atoms with van der Waals surface area (Å²) in [5.74, 6) is -1.01. The van der Waals surface area contributed by atoms with E-state index < -0.39 is 17.8 Å². The lowest BCUT2D eigenvalue weighted by Gasteiger charge is -2.32. The average Bonchev–Trinajstić information content (AvgIpc) is 3.17. The van der Waals surface area contributed by atoms with E-state index in [2.05, 4.69) is 26.1 Å². The summed E-state index contributed by atoms with van der Waals surface area (Å²) in [4.78, 5) is 33.7. The third-order valence-corrected chi connectivity index (χ3v) is 5.97. The summed E-state index contributed by atoms with van der Waals surface area (Å²) in [6.45, 7) is 1.48. The van der Waals surface area contributed by atoms with Crippen LogP contribution in [0.3, 0.4) is 0 Å². The van der Waals surface area contributed by atoms with Gasteiger partial charge in [0.25, 0.3) is 0 Å². The van der Waals surface area contributed by atoms with E-state index in [1.807, 2.05) is 4.90 Å². The van der Waals surface area contributed by atoms with Crippen molar-refractivity contribution in [3.05, 3.63) is 5.82 Å². The molecule has 4 N–H and O–H groups in total. The van der Waals surface area contributed by atoms with Crippen molar-refractivity contribution < 1.29 is 19.1 Å². The number of amides is 2. The zero-order valence-electron chi connectivity index (χ0n) is 16.4. The predicted octanol–water partition coefficient (Wildman–Crippen LogP) is 2.45. The quantitative estimate of drug-likeness (QED) is 0.270. The molecule has 29 heavy (non-hydrogen) atoms. The Morgan fingerprint density at radius 3 is 2.59 bits per heavy atom. The molecule has 1 atom stereocenters. The van der Waals surface area contributed by atoms with Gasteiger partial charge in [0.1, 0.15) is 0 Å². The Hall–Kier alpha value is -2.30. The van der Waals surface area contributed by atoms with Crippen LogP contribution in [0.25, 0.3) is 0 Å². The third kappa shape index (κ3) is 5.62. The Morgan fingerprint density at radius 1 is 1.28 bits per heavy atom. The highest BCUT2D eigenvalue weighted by molar-refractivity contribution is 7.98. The molecule has 9 nitrogen and oxygen atoms in total. The van der Waals surface area contributed by atoms with Crippen molar-refractivity contribution in [2.24, 2.45) is 11.8 Å². The molecule has 1 saturated heterocycles. The second kappa shape index (κ2) is 9.95. The maximum absolute atomic E-state index is 14.8. The van der Waals surface area contributed by atoms with Gasteiger partial charge in [0.2, 0.25) is 11.7 Å². The molecular formula is C18H27FN6O3S. The maximum Gasteiger partial charge on any atom is 0.404 e. The number of hydrazine groups is 1. The number of nitrogens with one attached hydrogen (secondary N) is 3. The van der Waals surface area contributed by atoms with Gasteiger partial charge in [0.15, 0.2) is 16.8 Å². The van der Waals surface area contributed by atoms with Gasteiger partial charge < -0.3 is 15.3 Å². The van der Waals surface area contributed by atoms with E-state index in [4.69, 9.17) is 5.11 Å². The van der Waals surface area contributed by atoms with Gasteiger partial charge in [-0.15, -0.1) is 0 Å². The smallest absolute Gasteiger partial charge is 0.404 e. The molecule has 11 heteroatoms. The highest BCUT2D eigenvalue weighted by Crippen LogP contribution is 2.31. The molecule has 1 aliphatic carbocycles. The van der Waals surface area contributed by atoms with Crippen molar-refractivity contribution in [2.45, 2.75) is 43.7 Å². The van der Waals surface area contributed by atoms with Crippen LogP contribution in [0.15, 0.2) is 5.16 Å². The van der Waals surface area contributed by atoms with Gasteiger partial charge >= 0.3 is 6.09 Å². The van der Waals surface area contributed by atoms with Crippen LogP contribution in [-0.4, -0.2) is 53.0 Å². The fourth-order valence-corrected chi connectivity index (χ4v) is 4.05. The number of thioether (sulfide) groups is 1. The lowest BCUT2D eigenvalue weighted by Crippen LogP contribution is -2.42. The van der Waals surface area contributed by atoms with Gasteiger partial charge in [-0.05, 0) is 25.0 Å². The average molecular weight is 427 g/mol. The number of carbonyl (C=O) groups excluding carboxylic acids is 1. The van der Waals surface area contributed by atoms with Crippen LogP contribution in [0.4, 0.5) is 20.8 Å². The largest absolute Gasteiger partial charge is 0.465 e. The van der Waals surface area contributed by atoms with Crippen molar-refractivity contribution in [1.29, 1.82) is 0 Å². The normalized spacial score (nSPS) is 17.5. The summed E-state index contributed by atoms with van der Waals surface area (Å²) < 4.78 is 14.8. The topological polar surface area (TPSA) is 119 Å². The van der Waals surface area contributed by atoms with E-state index in [0.29, 0.717) is 17.5 Å². The number of hydrogen-bond acceptors (Lipinski definition) is 7. The van der Waals surface area contributed by atoms with Gasteiger partial charge in [-0.1, -0.05) is 37.4 Å². The molecule has 160 valence electrons. The summed E-state index contributed by atoms with van der Waals surface area (Å²) in [5.41, 5.74) is 5.09. The van der Waals surface area contributed by atoms with E-state index in [9.17, 15) is 14.0 Å². The second-order valence-electron chi connectivity index (χ2n) is 7.42. The molecule has 3 rings (SSSR count). The van der Waals surface area contributed by atoms with Crippen molar-refractivity contribution in [2.75, 3.05) is 36.2 Å². The van der Waals surface area contributed by atoms with Crippen LogP contribution in [0, 0.1) is 17.7 Å². The number of anilines is 2. The molecule has 1 aromatic heterocycles.